The summed E-state index contributed by atoms with van der Waals surface area (Å²) in [6, 6.07) is 5.11. The van der Waals surface area contributed by atoms with Crippen LogP contribution in [0.4, 0.5) is 5.69 Å². The number of nitrogens with one attached hydrogen (secondary N) is 1. The molecule has 5 heteroatoms. The fourth-order valence-corrected chi connectivity index (χ4v) is 1.98. The van der Waals surface area contributed by atoms with Gasteiger partial charge in [-0.15, -0.1) is 0 Å². The van der Waals surface area contributed by atoms with Crippen LogP contribution < -0.4 is 5.32 Å². The van der Waals surface area contributed by atoms with Gasteiger partial charge in [-0.3, -0.25) is 14.5 Å². The second-order valence-electron chi connectivity index (χ2n) is 5.42. The summed E-state index contributed by atoms with van der Waals surface area (Å²) in [5.74, 6) is -0.533. The van der Waals surface area contributed by atoms with E-state index < -0.39 is 5.60 Å². The lowest BCUT2D eigenvalue weighted by molar-refractivity contribution is 0.0691. The van der Waals surface area contributed by atoms with Gasteiger partial charge < -0.3 is 10.4 Å². The quantitative estimate of drug-likeness (QED) is 0.806. The molecule has 2 N–H and O–H groups in total. The molecule has 0 saturated carbocycles. The number of benzene rings is 1. The van der Waals surface area contributed by atoms with Gasteiger partial charge in [-0.05, 0) is 38.5 Å². The van der Waals surface area contributed by atoms with Crippen molar-refractivity contribution in [3.05, 3.63) is 29.3 Å². The molecule has 0 fully saturated rings. The van der Waals surface area contributed by atoms with Crippen LogP contribution in [0.1, 0.15) is 41.0 Å². The predicted molar refractivity (Wildman–Crippen MR) is 72.3 cm³/mol. The molecule has 0 radical (unpaired) electrons. The van der Waals surface area contributed by atoms with Crippen molar-refractivity contribution in [2.45, 2.75) is 25.9 Å². The van der Waals surface area contributed by atoms with Crippen molar-refractivity contribution >= 4 is 17.5 Å². The lowest BCUT2D eigenvalue weighted by atomic mass is 10.1. The Morgan fingerprint density at radius 3 is 2.47 bits per heavy atom. The number of amides is 2. The highest BCUT2D eigenvalue weighted by atomic mass is 16.3. The van der Waals surface area contributed by atoms with E-state index in [4.69, 9.17) is 0 Å². The second-order valence-corrected chi connectivity index (χ2v) is 5.42. The monoisotopic (exact) mass is 262 g/mol. The maximum absolute atomic E-state index is 11.8. The molecule has 0 spiro atoms. The Bertz CT molecular complexity index is 532. The van der Waals surface area contributed by atoms with E-state index in [1.165, 1.54) is 7.05 Å². The molecule has 19 heavy (non-hydrogen) atoms. The largest absolute Gasteiger partial charge is 0.390 e. The summed E-state index contributed by atoms with van der Waals surface area (Å²) >= 11 is 0. The van der Waals surface area contributed by atoms with Crippen molar-refractivity contribution in [1.29, 1.82) is 0 Å². The number of carbonyl (C=O) groups is 2. The van der Waals surface area contributed by atoms with E-state index in [0.717, 1.165) is 10.6 Å². The van der Waals surface area contributed by atoms with E-state index in [2.05, 4.69) is 5.32 Å². The zero-order valence-corrected chi connectivity index (χ0v) is 11.4. The first kappa shape index (κ1) is 13.5. The van der Waals surface area contributed by atoms with E-state index in [1.807, 2.05) is 0 Å². The van der Waals surface area contributed by atoms with Crippen molar-refractivity contribution in [3.8, 4) is 0 Å². The van der Waals surface area contributed by atoms with Crippen LogP contribution >= 0.6 is 0 Å². The molecular formula is C14H18N2O3. The molecule has 102 valence electrons. The van der Waals surface area contributed by atoms with Gasteiger partial charge in [0, 0.05) is 19.3 Å². The van der Waals surface area contributed by atoms with Gasteiger partial charge in [-0.1, -0.05) is 0 Å². The smallest absolute Gasteiger partial charge is 0.261 e. The Morgan fingerprint density at radius 1 is 1.21 bits per heavy atom. The van der Waals surface area contributed by atoms with E-state index in [-0.39, 0.29) is 11.8 Å². The average Bonchev–Trinajstić information content (AvgIpc) is 2.53. The van der Waals surface area contributed by atoms with Gasteiger partial charge in [0.25, 0.3) is 11.8 Å². The predicted octanol–water partition coefficient (Wildman–Crippen LogP) is 1.49. The average molecular weight is 262 g/mol. The number of fused-ring (bicyclic) bond motifs is 1. The summed E-state index contributed by atoms with van der Waals surface area (Å²) in [6.07, 6.45) is 0.594. The van der Waals surface area contributed by atoms with Crippen LogP contribution in [0.5, 0.6) is 0 Å². The molecule has 0 unspecified atom stereocenters. The zero-order valence-electron chi connectivity index (χ0n) is 11.4. The van der Waals surface area contributed by atoms with Gasteiger partial charge in [0.05, 0.1) is 16.7 Å². The van der Waals surface area contributed by atoms with Crippen LogP contribution in [0, 0.1) is 0 Å². The molecule has 1 aromatic carbocycles. The lowest BCUT2D eigenvalue weighted by Crippen LogP contribution is -2.24. The van der Waals surface area contributed by atoms with Crippen LogP contribution in [-0.2, 0) is 0 Å². The van der Waals surface area contributed by atoms with Gasteiger partial charge in [0.2, 0.25) is 0 Å². The van der Waals surface area contributed by atoms with Gasteiger partial charge in [-0.25, -0.2) is 0 Å². The molecule has 1 aromatic rings. The van der Waals surface area contributed by atoms with Gasteiger partial charge in [-0.2, -0.15) is 0 Å². The fraction of sp³-hybridized carbons (Fsp3) is 0.429. The molecule has 0 aliphatic carbocycles. The fourth-order valence-electron chi connectivity index (χ4n) is 1.98. The molecule has 1 aliphatic rings. The highest BCUT2D eigenvalue weighted by Crippen LogP contribution is 2.24. The lowest BCUT2D eigenvalue weighted by Gasteiger charge is -2.17. The SMILES string of the molecule is CN1C(=O)c2ccc(NCCC(C)(C)O)cc2C1=O. The van der Waals surface area contributed by atoms with Crippen molar-refractivity contribution in [2.75, 3.05) is 18.9 Å². The Labute approximate surface area is 112 Å². The van der Waals surface area contributed by atoms with Crippen LogP contribution in [0.2, 0.25) is 0 Å². The highest BCUT2D eigenvalue weighted by molar-refractivity contribution is 6.21. The third-order valence-corrected chi connectivity index (χ3v) is 3.16. The van der Waals surface area contributed by atoms with E-state index in [9.17, 15) is 14.7 Å². The van der Waals surface area contributed by atoms with E-state index >= 15 is 0 Å². The Morgan fingerprint density at radius 2 is 1.84 bits per heavy atom. The van der Waals surface area contributed by atoms with Gasteiger partial charge in [0.15, 0.2) is 0 Å². The molecule has 2 amide bonds. The molecule has 2 rings (SSSR count). The third kappa shape index (κ3) is 2.76. The molecule has 1 heterocycles. The van der Waals surface area contributed by atoms with Crippen LogP contribution in [0.15, 0.2) is 18.2 Å². The van der Waals surface area contributed by atoms with Gasteiger partial charge in [0.1, 0.15) is 0 Å². The first-order valence-corrected chi connectivity index (χ1v) is 6.22. The number of nitrogens with zero attached hydrogens (tertiary/aromatic N) is 1. The third-order valence-electron chi connectivity index (χ3n) is 3.16. The normalized spacial score (nSPS) is 14.8. The minimum absolute atomic E-state index is 0.261. The number of imide groups is 1. The molecule has 5 nitrogen and oxygen atoms in total. The minimum Gasteiger partial charge on any atom is -0.390 e. The van der Waals surface area contributed by atoms with Crippen LogP contribution in [0.25, 0.3) is 0 Å². The summed E-state index contributed by atoms with van der Waals surface area (Å²) in [6.45, 7) is 4.09. The maximum Gasteiger partial charge on any atom is 0.261 e. The summed E-state index contributed by atoms with van der Waals surface area (Å²) in [5.41, 5.74) is 0.927. The van der Waals surface area contributed by atoms with Crippen molar-refractivity contribution in [2.24, 2.45) is 0 Å². The Hall–Kier alpha value is -1.88. The first-order valence-electron chi connectivity index (χ1n) is 6.22. The van der Waals surface area contributed by atoms with Crippen LogP contribution in [0.3, 0.4) is 0 Å². The molecular weight excluding hydrogens is 244 g/mol. The zero-order chi connectivity index (χ0) is 14.2. The molecule has 0 bridgehead atoms. The van der Waals surface area contributed by atoms with Crippen LogP contribution in [-0.4, -0.2) is 41.0 Å². The van der Waals surface area contributed by atoms with Crippen molar-refractivity contribution in [3.63, 3.8) is 0 Å². The number of carbonyl (C=O) groups excluding carboxylic acids is 2. The molecule has 0 aromatic heterocycles. The summed E-state index contributed by atoms with van der Waals surface area (Å²) in [4.78, 5) is 24.7. The Kier molecular flexibility index (Phi) is 3.32. The second kappa shape index (κ2) is 4.66. The summed E-state index contributed by atoms with van der Waals surface area (Å²) in [5, 5.41) is 12.8. The molecule has 0 atom stereocenters. The number of hydrogen-bond acceptors (Lipinski definition) is 4. The van der Waals surface area contributed by atoms with Crippen molar-refractivity contribution < 1.29 is 14.7 Å². The van der Waals surface area contributed by atoms with Gasteiger partial charge >= 0.3 is 0 Å². The first-order chi connectivity index (χ1) is 8.79. The molecule has 1 aliphatic heterocycles. The van der Waals surface area contributed by atoms with Crippen molar-refractivity contribution in [1.82, 2.24) is 4.90 Å². The number of rotatable bonds is 4. The minimum atomic E-state index is -0.726. The summed E-state index contributed by atoms with van der Waals surface area (Å²) < 4.78 is 0. The van der Waals surface area contributed by atoms with E-state index in [1.54, 1.807) is 32.0 Å². The topological polar surface area (TPSA) is 69.6 Å². The maximum atomic E-state index is 11.8. The number of anilines is 1. The Balaban J connectivity index is 2.11. The highest BCUT2D eigenvalue weighted by Gasteiger charge is 2.32. The standard InChI is InChI=1S/C14H18N2O3/c1-14(2,19)6-7-15-9-4-5-10-11(8-9)13(18)16(3)12(10)17/h4-5,8,15,19H,6-7H2,1-3H3. The van der Waals surface area contributed by atoms with E-state index in [0.29, 0.717) is 24.1 Å². The molecule has 0 saturated heterocycles. The number of aliphatic hydroxyl groups is 1. The number of hydrogen-bond donors (Lipinski definition) is 2. The summed E-state index contributed by atoms with van der Waals surface area (Å²) in [7, 11) is 1.48.